The van der Waals surface area contributed by atoms with E-state index in [1.807, 2.05) is 24.3 Å². The molecule has 3 heterocycles. The van der Waals surface area contributed by atoms with Crippen LogP contribution in [0, 0.1) is 50.9 Å². The average Bonchev–Trinajstić information content (AvgIpc) is 1.55. The number of benzene rings is 16. The molecule has 0 bridgehead atoms. The van der Waals surface area contributed by atoms with Gasteiger partial charge in [-0.2, -0.15) is 0 Å². The lowest BCUT2D eigenvalue weighted by molar-refractivity contribution is 0.667. The molecule has 0 unspecified atom stereocenters. The molecule has 0 amide bonds. The van der Waals surface area contributed by atoms with Crippen LogP contribution < -0.4 is 4.90 Å². The van der Waals surface area contributed by atoms with Crippen LogP contribution >= 0.6 is 102 Å². The minimum absolute atomic E-state index is 0. The van der Waals surface area contributed by atoms with Crippen molar-refractivity contribution >= 4 is 185 Å². The molecule has 19 aromatic rings. The summed E-state index contributed by atoms with van der Waals surface area (Å²) in [5, 5.41) is 7.80. The smallest absolute Gasteiger partial charge is 0.0542 e. The van der Waals surface area contributed by atoms with Gasteiger partial charge in [-0.05, 0) is 361 Å². The van der Waals surface area contributed by atoms with Gasteiger partial charge in [-0.15, -0.1) is 0 Å². The molecule has 3 aromatic heterocycles. The van der Waals surface area contributed by atoms with Gasteiger partial charge in [0.1, 0.15) is 0 Å². The third-order valence-corrected chi connectivity index (χ3v) is 27.6. The van der Waals surface area contributed by atoms with Crippen molar-refractivity contribution in [3.05, 3.63) is 447 Å². The van der Waals surface area contributed by atoms with Crippen LogP contribution in [-0.2, 0) is 32.1 Å². The van der Waals surface area contributed by atoms with E-state index >= 15 is 0 Å². The topological polar surface area (TPSA) is 18.0 Å². The molecule has 0 radical (unpaired) electrons. The zero-order valence-electron chi connectivity index (χ0n) is 76.9. The molecule has 4 nitrogen and oxygen atoms in total. The predicted molar refractivity (Wildman–Crippen MR) is 615 cm³/mol. The van der Waals surface area contributed by atoms with Crippen LogP contribution in [0.1, 0.15) is 156 Å². The SMILES string of the molecule is Brc1ccc(Cc2ccc(Br)cc2)cc1.CC#CC#CC#CC#Cc1ccc(Br)cc1.CCCCCCc1ccc(-n2c3ccccc3c3cc(I)ccc32)cc1.CCCCCCc1ccc(-n2c3ccccc3c3cc(N(c4ccc(Br)cc4)c4ccc(Br)cc4)ccc32)cc1.CCCCCCc1ccc(-n2c3ccccc3c3ccccc32)cc1.[HH].[HH].[HH].[HH].[HH].c1ccc2c(c1)Cc1ccccc1-2. The highest BCUT2D eigenvalue weighted by Gasteiger charge is 2.21. The van der Waals surface area contributed by atoms with Crippen molar-refractivity contribution in [2.75, 3.05) is 4.90 Å². The number of halogens is 6. The third kappa shape index (κ3) is 26.2. The van der Waals surface area contributed by atoms with Crippen molar-refractivity contribution in [1.29, 1.82) is 0 Å². The molecule has 0 atom stereocenters. The Kier molecular flexibility index (Phi) is 36.2. The maximum atomic E-state index is 3.60. The Hall–Kier alpha value is -11.9. The molecule has 0 saturated heterocycles. The number of anilines is 3. The summed E-state index contributed by atoms with van der Waals surface area (Å²) in [7, 11) is 0. The number of nitrogens with zero attached hydrogens (tertiary/aromatic N) is 4. The second kappa shape index (κ2) is 50.1. The number of unbranched alkanes of at least 4 members (excludes halogenated alkanes) is 9. The minimum Gasteiger partial charge on any atom is -0.310 e. The van der Waals surface area contributed by atoms with Crippen LogP contribution in [0.3, 0.4) is 0 Å². The molecular formula is C125H118Br5IN4. The average molecular weight is 2200 g/mol. The first-order chi connectivity index (χ1) is 66.3. The second-order valence-corrected chi connectivity index (χ2v) is 39.5. The van der Waals surface area contributed by atoms with Crippen LogP contribution in [0.25, 0.3) is 93.6 Å². The second-order valence-electron chi connectivity index (χ2n) is 33.7. The third-order valence-electron chi connectivity index (χ3n) is 24.3. The zero-order valence-corrected chi connectivity index (χ0v) is 87.0. The summed E-state index contributed by atoms with van der Waals surface area (Å²) in [5.41, 5.74) is 28.3. The monoisotopic (exact) mass is 2200 g/mol. The van der Waals surface area contributed by atoms with Crippen LogP contribution in [0.4, 0.5) is 17.1 Å². The van der Waals surface area contributed by atoms with Crippen LogP contribution in [0.2, 0.25) is 0 Å². The highest BCUT2D eigenvalue weighted by molar-refractivity contribution is 14.1. The molecule has 20 rings (SSSR count). The highest BCUT2D eigenvalue weighted by Crippen LogP contribution is 2.43. The first-order valence-electron chi connectivity index (χ1n) is 46.9. The fraction of sp³-hybridized carbons (Fsp3) is 0.168. The van der Waals surface area contributed by atoms with Gasteiger partial charge in [-0.3, -0.25) is 0 Å². The van der Waals surface area contributed by atoms with Gasteiger partial charge in [0.05, 0.1) is 33.1 Å². The van der Waals surface area contributed by atoms with E-state index in [2.05, 4.69) is 541 Å². The summed E-state index contributed by atoms with van der Waals surface area (Å²) < 4.78 is 13.9. The summed E-state index contributed by atoms with van der Waals surface area (Å²) in [6.07, 6.45) is 21.3. The van der Waals surface area contributed by atoms with Crippen LogP contribution in [0.15, 0.2) is 398 Å². The normalized spacial score (nSPS) is 10.8. The summed E-state index contributed by atoms with van der Waals surface area (Å²) >= 11 is 19.8. The molecule has 1 aliphatic rings. The fourth-order valence-electron chi connectivity index (χ4n) is 17.5. The predicted octanol–water partition coefficient (Wildman–Crippen LogP) is 38.4. The van der Waals surface area contributed by atoms with Crippen molar-refractivity contribution in [2.24, 2.45) is 0 Å². The number of fused-ring (bicyclic) bond motifs is 12. The van der Waals surface area contributed by atoms with E-state index in [1.165, 1.54) is 226 Å². The molecule has 680 valence electrons. The Labute approximate surface area is 861 Å². The van der Waals surface area contributed by atoms with E-state index in [0.29, 0.717) is 0 Å². The Balaban J connectivity index is 0.000000179. The van der Waals surface area contributed by atoms with Gasteiger partial charge >= 0.3 is 0 Å². The number of aromatic nitrogens is 3. The molecule has 1 aliphatic carbocycles. The van der Waals surface area contributed by atoms with Crippen molar-refractivity contribution in [3.8, 4) is 75.6 Å². The van der Waals surface area contributed by atoms with Crippen molar-refractivity contribution in [1.82, 2.24) is 13.7 Å². The van der Waals surface area contributed by atoms with Gasteiger partial charge in [0.15, 0.2) is 0 Å². The van der Waals surface area contributed by atoms with Gasteiger partial charge in [-0.25, -0.2) is 0 Å². The molecule has 10 heteroatoms. The summed E-state index contributed by atoms with van der Waals surface area (Å²) in [6, 6.07) is 135. The summed E-state index contributed by atoms with van der Waals surface area (Å²) in [6.45, 7) is 8.53. The first kappa shape index (κ1) is 97.6. The maximum absolute atomic E-state index is 3.60. The largest absolute Gasteiger partial charge is 0.310 e. The number of rotatable bonds is 23. The standard InChI is InChI=1S/C36H32Br2N2.C24H24IN.C24H25N.C15H7Br.C13H10Br2.C13H10.5H2/c1-2-3-4-5-8-26-11-17-31(18-12-26)40-35-10-7-6-9-33(35)34-25-32(23-24-36(34)40)39(29-19-13-27(37)14-20-29)30-21-15-28(38)16-22-30;1-2-3-4-5-8-18-11-14-20(15-12-18)26-23-10-7-6-9-21(23)22-17-19(25)13-16-24(22)26;1-2-3-4-5-10-19-15-17-20(18-16-19)25-23-13-8-6-11-21(23)22-12-7-9-14-24(22)25;1-2-3-4-5-6-7-8-9-14-10-12-15(16)13-11-14;14-12-5-1-10(2-6-12)9-11-3-7-13(15)8-4-11;1-3-7-12-10(5-1)9-11-6-2-4-8-13(11)12;;;;;/h6-7,9-25H,2-5,8H2,1H3;6-7,9-17H,2-5,8H2,1H3;6-9,11-18H,2-5,10H2,1H3;10-13H,1H3;1-8H,9H2;1-8H,9H2;5*1H. The number of para-hydroxylation sites is 4. The molecular weight excluding hydrogens is 2080 g/mol. The molecule has 135 heavy (non-hydrogen) atoms. The van der Waals surface area contributed by atoms with E-state index < -0.39 is 0 Å². The number of hydrogen-bond donors (Lipinski definition) is 0. The van der Waals surface area contributed by atoms with E-state index in [-0.39, 0.29) is 7.13 Å². The summed E-state index contributed by atoms with van der Waals surface area (Å²) in [4.78, 5) is 2.32. The Morgan fingerprint density at radius 1 is 0.281 bits per heavy atom. The molecule has 0 fully saturated rings. The van der Waals surface area contributed by atoms with Gasteiger partial charge in [0.2, 0.25) is 0 Å². The fourth-order valence-corrected chi connectivity index (χ4v) is 19.3. The lowest BCUT2D eigenvalue weighted by Gasteiger charge is -2.26. The first-order valence-corrected chi connectivity index (χ1v) is 52.0. The maximum Gasteiger partial charge on any atom is 0.0542 e. The summed E-state index contributed by atoms with van der Waals surface area (Å²) in [5.74, 6) is 21.3. The lowest BCUT2D eigenvalue weighted by atomic mass is 10.1. The van der Waals surface area contributed by atoms with E-state index in [1.54, 1.807) is 6.92 Å². The number of hydrogen-bond acceptors (Lipinski definition) is 1. The molecule has 0 spiro atoms. The Morgan fingerprint density at radius 3 is 0.970 bits per heavy atom. The zero-order chi connectivity index (χ0) is 93.5. The molecule has 16 aromatic carbocycles. The van der Waals surface area contributed by atoms with Crippen LogP contribution in [0.5, 0.6) is 0 Å². The number of aryl methyl sites for hydroxylation is 3. The van der Waals surface area contributed by atoms with E-state index in [9.17, 15) is 0 Å². The van der Waals surface area contributed by atoms with Gasteiger partial charge in [0, 0.05) is 105 Å². The Bertz CT molecular complexity index is 7280. The quantitative estimate of drug-likeness (QED) is 0.0355. The molecule has 0 aliphatic heterocycles. The van der Waals surface area contributed by atoms with Gasteiger partial charge in [-0.1, -0.05) is 352 Å². The van der Waals surface area contributed by atoms with Crippen LogP contribution in [-0.4, -0.2) is 13.7 Å². The van der Waals surface area contributed by atoms with E-state index in [4.69, 9.17) is 0 Å². The van der Waals surface area contributed by atoms with Crippen molar-refractivity contribution in [2.45, 2.75) is 137 Å². The Morgan fingerprint density at radius 2 is 0.585 bits per heavy atom. The van der Waals surface area contributed by atoms with Crippen molar-refractivity contribution < 1.29 is 7.13 Å². The van der Waals surface area contributed by atoms with Crippen molar-refractivity contribution in [3.63, 3.8) is 0 Å². The van der Waals surface area contributed by atoms with E-state index in [0.717, 1.165) is 64.3 Å². The van der Waals surface area contributed by atoms with Gasteiger partial charge in [0.25, 0.3) is 0 Å². The highest BCUT2D eigenvalue weighted by atomic mass is 127. The minimum atomic E-state index is 0. The molecule has 0 N–H and O–H groups in total. The molecule has 0 saturated carbocycles. The van der Waals surface area contributed by atoms with Gasteiger partial charge < -0.3 is 18.6 Å². The lowest BCUT2D eigenvalue weighted by Crippen LogP contribution is -2.09.